The Morgan fingerprint density at radius 3 is 2.29 bits per heavy atom. The molecule has 14 heavy (non-hydrogen) atoms. The minimum absolute atomic E-state index is 0.0296. The van der Waals surface area contributed by atoms with Crippen LogP contribution < -0.4 is 0 Å². The highest BCUT2D eigenvalue weighted by molar-refractivity contribution is 5.34. The zero-order valence-electron chi connectivity index (χ0n) is 7.78. The van der Waals surface area contributed by atoms with Crippen LogP contribution in [0.5, 0.6) is 5.75 Å². The maximum absolute atomic E-state index is 12.8. The summed E-state index contributed by atoms with van der Waals surface area (Å²) in [6.07, 6.45) is -0.0290. The van der Waals surface area contributed by atoms with E-state index >= 15 is 0 Å². The van der Waals surface area contributed by atoms with Gasteiger partial charge in [-0.25, -0.2) is 4.39 Å². The molecule has 2 N–H and O–H groups in total. The van der Waals surface area contributed by atoms with E-state index in [1.54, 1.807) is 24.3 Å². The number of hydrogen-bond acceptors (Lipinski definition) is 2. The van der Waals surface area contributed by atoms with E-state index in [2.05, 4.69) is 0 Å². The van der Waals surface area contributed by atoms with Crippen LogP contribution in [0, 0.1) is 0 Å². The van der Waals surface area contributed by atoms with Gasteiger partial charge in [0.25, 0.3) is 0 Å². The van der Waals surface area contributed by atoms with E-state index in [1.165, 1.54) is 0 Å². The van der Waals surface area contributed by atoms with Crippen molar-refractivity contribution in [2.75, 3.05) is 6.61 Å². The molecule has 76 valence electrons. The van der Waals surface area contributed by atoms with Crippen LogP contribution in [0.3, 0.4) is 0 Å². The third-order valence-corrected chi connectivity index (χ3v) is 3.01. The average molecular weight is 196 g/mol. The monoisotopic (exact) mass is 196 g/mol. The fraction of sp³-hybridized carbons (Fsp3) is 0.455. The quantitative estimate of drug-likeness (QED) is 0.756. The number of aromatic hydroxyl groups is 1. The van der Waals surface area contributed by atoms with Gasteiger partial charge in [-0.05, 0) is 30.5 Å². The number of phenolic OH excluding ortho intramolecular Hbond substituents is 1. The Bertz CT molecular complexity index is 315. The predicted octanol–water partition coefficient (Wildman–Crippen LogP) is 1.75. The molecule has 2 nitrogen and oxygen atoms in total. The van der Waals surface area contributed by atoms with Gasteiger partial charge in [0, 0.05) is 5.41 Å². The number of aliphatic hydroxyl groups is 1. The lowest BCUT2D eigenvalue weighted by atomic mass is 9.64. The summed E-state index contributed by atoms with van der Waals surface area (Å²) in [6, 6.07) is 6.63. The van der Waals surface area contributed by atoms with Crippen molar-refractivity contribution >= 4 is 0 Å². The highest BCUT2D eigenvalue weighted by atomic mass is 19.1. The number of hydrogen-bond donors (Lipinski definition) is 2. The van der Waals surface area contributed by atoms with Gasteiger partial charge in [0.2, 0.25) is 0 Å². The Hall–Kier alpha value is -1.09. The molecule has 2 rings (SSSR count). The van der Waals surface area contributed by atoms with E-state index in [9.17, 15) is 9.50 Å². The van der Waals surface area contributed by atoms with Crippen LogP contribution in [0.25, 0.3) is 0 Å². The van der Waals surface area contributed by atoms with Crippen molar-refractivity contribution in [2.45, 2.75) is 24.4 Å². The van der Waals surface area contributed by atoms with Gasteiger partial charge in [-0.2, -0.15) is 0 Å². The summed E-state index contributed by atoms with van der Waals surface area (Å²) in [5.74, 6) is 0.193. The first-order valence-corrected chi connectivity index (χ1v) is 4.71. The fourth-order valence-electron chi connectivity index (χ4n) is 2.06. The molecule has 0 aliphatic heterocycles. The molecule has 1 aromatic carbocycles. The smallest absolute Gasteiger partial charge is 0.115 e. The molecule has 0 saturated heterocycles. The SMILES string of the molecule is OCC1(c2ccc(O)cc2)CC(F)C1. The van der Waals surface area contributed by atoms with Gasteiger partial charge in [0.1, 0.15) is 11.9 Å². The Kier molecular flexibility index (Phi) is 2.19. The van der Waals surface area contributed by atoms with Crippen molar-refractivity contribution in [3.05, 3.63) is 29.8 Å². The van der Waals surface area contributed by atoms with Crippen LogP contribution in [0.2, 0.25) is 0 Å². The van der Waals surface area contributed by atoms with E-state index in [0.29, 0.717) is 12.8 Å². The Labute approximate surface area is 82.0 Å². The molecule has 0 unspecified atom stereocenters. The summed E-state index contributed by atoms with van der Waals surface area (Å²) in [6.45, 7) is -0.0296. The van der Waals surface area contributed by atoms with Crippen molar-refractivity contribution in [1.82, 2.24) is 0 Å². The molecule has 0 amide bonds. The fourth-order valence-corrected chi connectivity index (χ4v) is 2.06. The van der Waals surface area contributed by atoms with Gasteiger partial charge in [-0.3, -0.25) is 0 Å². The summed E-state index contributed by atoms with van der Waals surface area (Å²) in [4.78, 5) is 0. The summed E-state index contributed by atoms with van der Waals surface area (Å²) in [5.41, 5.74) is 0.499. The van der Waals surface area contributed by atoms with Gasteiger partial charge in [-0.1, -0.05) is 12.1 Å². The highest BCUT2D eigenvalue weighted by Gasteiger charge is 2.45. The first-order chi connectivity index (χ1) is 6.66. The minimum Gasteiger partial charge on any atom is -0.508 e. The van der Waals surface area contributed by atoms with Gasteiger partial charge in [-0.15, -0.1) is 0 Å². The van der Waals surface area contributed by atoms with Crippen LogP contribution in [0.1, 0.15) is 18.4 Å². The molecule has 1 aliphatic carbocycles. The first kappa shape index (κ1) is 9.46. The highest BCUT2D eigenvalue weighted by Crippen LogP contribution is 2.45. The molecule has 0 radical (unpaired) electrons. The standard InChI is InChI=1S/C11H13FO2/c12-9-5-11(6-9,7-13)8-1-3-10(14)4-2-8/h1-4,9,13-14H,5-7H2. The summed E-state index contributed by atoms with van der Waals surface area (Å²) >= 11 is 0. The summed E-state index contributed by atoms with van der Waals surface area (Å²) < 4.78 is 12.8. The third-order valence-electron chi connectivity index (χ3n) is 3.01. The normalized spacial score (nSPS) is 31.1. The van der Waals surface area contributed by atoms with Gasteiger partial charge < -0.3 is 10.2 Å². The van der Waals surface area contributed by atoms with Crippen molar-refractivity contribution in [2.24, 2.45) is 0 Å². The molecule has 1 saturated carbocycles. The second kappa shape index (κ2) is 3.24. The molecule has 1 aliphatic rings. The number of halogens is 1. The zero-order valence-corrected chi connectivity index (χ0v) is 7.78. The molecule has 0 atom stereocenters. The van der Waals surface area contributed by atoms with E-state index in [4.69, 9.17) is 5.11 Å². The van der Waals surface area contributed by atoms with Crippen LogP contribution in [0.4, 0.5) is 4.39 Å². The van der Waals surface area contributed by atoms with Crippen LogP contribution >= 0.6 is 0 Å². The first-order valence-electron chi connectivity index (χ1n) is 4.71. The lowest BCUT2D eigenvalue weighted by Crippen LogP contribution is -2.45. The maximum atomic E-state index is 12.8. The lowest BCUT2D eigenvalue weighted by Gasteiger charge is -2.43. The van der Waals surface area contributed by atoms with Crippen LogP contribution in [-0.4, -0.2) is 23.0 Å². The Morgan fingerprint density at radius 2 is 1.86 bits per heavy atom. The van der Waals surface area contributed by atoms with E-state index in [1.807, 2.05) is 0 Å². The molecule has 0 heterocycles. The van der Waals surface area contributed by atoms with Gasteiger partial charge in [0.15, 0.2) is 0 Å². The van der Waals surface area contributed by atoms with E-state index < -0.39 is 11.6 Å². The van der Waals surface area contributed by atoms with E-state index in [0.717, 1.165) is 5.56 Å². The molecular formula is C11H13FO2. The minimum atomic E-state index is -0.795. The Morgan fingerprint density at radius 1 is 1.29 bits per heavy atom. The number of phenols is 1. The third kappa shape index (κ3) is 1.38. The molecule has 1 fully saturated rings. The van der Waals surface area contributed by atoms with Crippen LogP contribution in [0.15, 0.2) is 24.3 Å². The molecule has 0 bridgehead atoms. The molecule has 0 spiro atoms. The number of aliphatic hydroxyl groups excluding tert-OH is 1. The van der Waals surface area contributed by atoms with Crippen molar-refractivity contribution in [3.8, 4) is 5.75 Å². The lowest BCUT2D eigenvalue weighted by molar-refractivity contribution is 0.0410. The maximum Gasteiger partial charge on any atom is 0.115 e. The second-order valence-electron chi connectivity index (χ2n) is 3.99. The largest absolute Gasteiger partial charge is 0.508 e. The Balaban J connectivity index is 2.25. The summed E-state index contributed by atoms with van der Waals surface area (Å²) in [5, 5.41) is 18.3. The zero-order chi connectivity index (χ0) is 10.2. The average Bonchev–Trinajstić information content (AvgIpc) is 2.14. The van der Waals surface area contributed by atoms with Crippen molar-refractivity contribution in [3.63, 3.8) is 0 Å². The number of rotatable bonds is 2. The van der Waals surface area contributed by atoms with Crippen LogP contribution in [-0.2, 0) is 5.41 Å². The number of alkyl halides is 1. The second-order valence-corrected chi connectivity index (χ2v) is 3.99. The topological polar surface area (TPSA) is 40.5 Å². The molecular weight excluding hydrogens is 183 g/mol. The predicted molar refractivity (Wildman–Crippen MR) is 51.0 cm³/mol. The summed E-state index contributed by atoms with van der Waals surface area (Å²) in [7, 11) is 0. The van der Waals surface area contributed by atoms with Crippen molar-refractivity contribution in [1.29, 1.82) is 0 Å². The number of benzene rings is 1. The molecule has 3 heteroatoms. The van der Waals surface area contributed by atoms with Gasteiger partial charge in [0.05, 0.1) is 6.61 Å². The van der Waals surface area contributed by atoms with E-state index in [-0.39, 0.29) is 12.4 Å². The van der Waals surface area contributed by atoms with Crippen molar-refractivity contribution < 1.29 is 14.6 Å². The molecule has 0 aromatic heterocycles. The molecule has 1 aromatic rings. The van der Waals surface area contributed by atoms with Gasteiger partial charge >= 0.3 is 0 Å².